The number of hydrogen-bond donors (Lipinski definition) is 0. The van der Waals surface area contributed by atoms with E-state index in [2.05, 4.69) is 17.9 Å². The van der Waals surface area contributed by atoms with E-state index >= 15 is 0 Å². The number of esters is 1. The van der Waals surface area contributed by atoms with E-state index in [1.54, 1.807) is 48.5 Å². The van der Waals surface area contributed by atoms with Gasteiger partial charge >= 0.3 is 12.1 Å². The molecular formula is C31H32N4O5. The molecule has 2 aromatic carbocycles. The molecule has 0 radical (unpaired) electrons. The predicted octanol–water partition coefficient (Wildman–Crippen LogP) is 4.41. The van der Waals surface area contributed by atoms with Crippen LogP contribution in [0.4, 0.5) is 16.3 Å². The average Bonchev–Trinajstić information content (AvgIpc) is 3.78. The normalized spacial score (nSPS) is 19.0. The molecule has 3 heterocycles. The zero-order valence-corrected chi connectivity index (χ0v) is 22.5. The zero-order valence-electron chi connectivity index (χ0n) is 22.5. The summed E-state index contributed by atoms with van der Waals surface area (Å²) in [5.74, 6) is 1.18. The molecule has 40 heavy (non-hydrogen) atoms. The van der Waals surface area contributed by atoms with Crippen molar-refractivity contribution in [1.29, 1.82) is 0 Å². The van der Waals surface area contributed by atoms with Crippen molar-refractivity contribution in [1.82, 2.24) is 9.88 Å². The van der Waals surface area contributed by atoms with Crippen molar-refractivity contribution in [3.05, 3.63) is 89.1 Å². The van der Waals surface area contributed by atoms with Crippen LogP contribution in [-0.2, 0) is 9.47 Å². The van der Waals surface area contributed by atoms with Crippen LogP contribution in [0.3, 0.4) is 0 Å². The Kier molecular flexibility index (Phi) is 7.11. The summed E-state index contributed by atoms with van der Waals surface area (Å²) in [5, 5.41) is 0. The van der Waals surface area contributed by atoms with Crippen molar-refractivity contribution in [2.45, 2.75) is 31.7 Å². The SMILES string of the molecule is Cc1cc(C2CC2)cnc1N1CCN(C(=O)c2ccc(N3C(=O)OC[C@H]3COC(=O)c3ccccc3)cc2)CC1. The molecule has 1 saturated carbocycles. The van der Waals surface area contributed by atoms with E-state index < -0.39 is 18.1 Å². The Morgan fingerprint density at radius 1 is 0.975 bits per heavy atom. The summed E-state index contributed by atoms with van der Waals surface area (Å²) in [4.78, 5) is 48.4. The van der Waals surface area contributed by atoms with Crippen LogP contribution in [-0.4, -0.2) is 73.3 Å². The lowest BCUT2D eigenvalue weighted by molar-refractivity contribution is 0.0475. The molecule has 0 spiro atoms. The van der Waals surface area contributed by atoms with Gasteiger partial charge in [-0.3, -0.25) is 9.69 Å². The summed E-state index contributed by atoms with van der Waals surface area (Å²) in [5.41, 5.74) is 4.11. The first-order chi connectivity index (χ1) is 19.5. The standard InChI is InChI=1S/C31H32N4O5/c1-21-17-25(22-7-8-22)18-32-28(21)33-13-15-34(16-14-33)29(36)23-9-11-26(12-10-23)35-27(20-40-31(35)38)19-39-30(37)24-5-3-2-4-6-24/h2-6,9-12,17-18,22,27H,7-8,13-16,19-20H2,1H3/t27-/m1/s1. The Labute approximate surface area is 233 Å². The van der Waals surface area contributed by atoms with Crippen molar-refractivity contribution in [2.24, 2.45) is 0 Å². The monoisotopic (exact) mass is 540 g/mol. The lowest BCUT2D eigenvalue weighted by atomic mass is 10.1. The molecule has 2 amide bonds. The molecule has 3 fully saturated rings. The fourth-order valence-electron chi connectivity index (χ4n) is 5.36. The first kappa shape index (κ1) is 25.9. The molecule has 1 atom stereocenters. The third-order valence-electron chi connectivity index (χ3n) is 7.76. The fraction of sp³-hybridized carbons (Fsp3) is 0.355. The van der Waals surface area contributed by atoms with E-state index in [0.29, 0.717) is 35.8 Å². The van der Waals surface area contributed by atoms with Crippen molar-refractivity contribution in [3.8, 4) is 0 Å². The van der Waals surface area contributed by atoms with Crippen LogP contribution in [0.5, 0.6) is 0 Å². The van der Waals surface area contributed by atoms with Gasteiger partial charge in [0, 0.05) is 43.6 Å². The molecule has 3 aromatic rings. The highest BCUT2D eigenvalue weighted by Crippen LogP contribution is 2.40. The number of nitrogens with zero attached hydrogens (tertiary/aromatic N) is 4. The third-order valence-corrected chi connectivity index (χ3v) is 7.76. The number of piperazine rings is 1. The number of benzene rings is 2. The molecule has 1 aromatic heterocycles. The van der Waals surface area contributed by atoms with Gasteiger partial charge in [0.25, 0.3) is 5.91 Å². The molecule has 3 aliphatic rings. The van der Waals surface area contributed by atoms with Crippen LogP contribution in [0.15, 0.2) is 66.9 Å². The number of anilines is 2. The summed E-state index contributed by atoms with van der Waals surface area (Å²) in [6.07, 6.45) is 4.02. The van der Waals surface area contributed by atoms with Gasteiger partial charge in [-0.25, -0.2) is 14.6 Å². The van der Waals surface area contributed by atoms with Crippen LogP contribution in [0, 0.1) is 6.92 Å². The molecule has 206 valence electrons. The molecule has 0 N–H and O–H groups in total. The number of rotatable bonds is 7. The van der Waals surface area contributed by atoms with Gasteiger partial charge in [0.15, 0.2) is 0 Å². The van der Waals surface area contributed by atoms with Crippen molar-refractivity contribution in [3.63, 3.8) is 0 Å². The van der Waals surface area contributed by atoms with Gasteiger partial charge in [0.2, 0.25) is 0 Å². The Morgan fingerprint density at radius 3 is 2.38 bits per heavy atom. The average molecular weight is 541 g/mol. The van der Waals surface area contributed by atoms with Gasteiger partial charge in [0.05, 0.1) is 5.56 Å². The number of carbonyl (C=O) groups excluding carboxylic acids is 3. The minimum absolute atomic E-state index is 0.00205. The molecule has 2 saturated heterocycles. The maximum Gasteiger partial charge on any atom is 0.414 e. The molecule has 0 bridgehead atoms. The topological polar surface area (TPSA) is 92.3 Å². The maximum absolute atomic E-state index is 13.2. The summed E-state index contributed by atoms with van der Waals surface area (Å²) in [6, 6.07) is 17.4. The van der Waals surface area contributed by atoms with Gasteiger partial charge in [-0.05, 0) is 73.2 Å². The zero-order chi connectivity index (χ0) is 27.6. The van der Waals surface area contributed by atoms with Gasteiger partial charge in [-0.15, -0.1) is 0 Å². The number of ether oxygens (including phenoxy) is 2. The van der Waals surface area contributed by atoms with Crippen molar-refractivity contribution < 1.29 is 23.9 Å². The van der Waals surface area contributed by atoms with Crippen LogP contribution < -0.4 is 9.80 Å². The summed E-state index contributed by atoms with van der Waals surface area (Å²) in [7, 11) is 0. The second-order valence-corrected chi connectivity index (χ2v) is 10.6. The first-order valence-electron chi connectivity index (χ1n) is 13.8. The minimum atomic E-state index is -0.509. The highest BCUT2D eigenvalue weighted by atomic mass is 16.6. The quantitative estimate of drug-likeness (QED) is 0.410. The highest BCUT2D eigenvalue weighted by molar-refractivity contribution is 5.96. The van der Waals surface area contributed by atoms with E-state index in [0.717, 1.165) is 18.9 Å². The van der Waals surface area contributed by atoms with Crippen LogP contribution in [0.1, 0.15) is 50.6 Å². The van der Waals surface area contributed by atoms with Gasteiger partial charge in [0.1, 0.15) is 25.1 Å². The number of cyclic esters (lactones) is 1. The Morgan fingerprint density at radius 2 is 1.70 bits per heavy atom. The number of pyridine rings is 1. The Hall–Kier alpha value is -4.40. The van der Waals surface area contributed by atoms with E-state index in [9.17, 15) is 14.4 Å². The van der Waals surface area contributed by atoms with Gasteiger partial charge in [-0.2, -0.15) is 0 Å². The summed E-state index contributed by atoms with van der Waals surface area (Å²) < 4.78 is 10.7. The number of carbonyl (C=O) groups is 3. The van der Waals surface area contributed by atoms with Crippen LogP contribution >= 0.6 is 0 Å². The maximum atomic E-state index is 13.2. The fourth-order valence-corrected chi connectivity index (χ4v) is 5.36. The summed E-state index contributed by atoms with van der Waals surface area (Å²) >= 11 is 0. The molecule has 9 heteroatoms. The number of aromatic nitrogens is 1. The van der Waals surface area contributed by atoms with E-state index in [1.165, 1.54) is 28.9 Å². The second-order valence-electron chi connectivity index (χ2n) is 10.6. The number of amides is 2. The van der Waals surface area contributed by atoms with Gasteiger partial charge < -0.3 is 19.3 Å². The van der Waals surface area contributed by atoms with Gasteiger partial charge in [-0.1, -0.05) is 24.3 Å². The van der Waals surface area contributed by atoms with Crippen molar-refractivity contribution >= 4 is 29.5 Å². The first-order valence-corrected chi connectivity index (χ1v) is 13.8. The van der Waals surface area contributed by atoms with E-state index in [4.69, 9.17) is 14.5 Å². The third kappa shape index (κ3) is 5.36. The van der Waals surface area contributed by atoms with Crippen molar-refractivity contribution in [2.75, 3.05) is 49.2 Å². The number of hydrogen-bond acceptors (Lipinski definition) is 7. The second kappa shape index (κ2) is 11.0. The predicted molar refractivity (Wildman–Crippen MR) is 150 cm³/mol. The summed E-state index contributed by atoms with van der Waals surface area (Å²) in [6.45, 7) is 4.90. The molecule has 1 aliphatic carbocycles. The minimum Gasteiger partial charge on any atom is -0.460 e. The highest BCUT2D eigenvalue weighted by Gasteiger charge is 2.35. The lowest BCUT2D eigenvalue weighted by Gasteiger charge is -2.36. The largest absolute Gasteiger partial charge is 0.460 e. The molecule has 0 unspecified atom stereocenters. The molecule has 9 nitrogen and oxygen atoms in total. The molecule has 6 rings (SSSR count). The smallest absolute Gasteiger partial charge is 0.414 e. The van der Waals surface area contributed by atoms with Crippen LogP contribution in [0.25, 0.3) is 0 Å². The lowest BCUT2D eigenvalue weighted by Crippen LogP contribution is -2.49. The number of aryl methyl sites for hydroxylation is 1. The van der Waals surface area contributed by atoms with E-state index in [1.807, 2.05) is 17.2 Å². The Balaban J connectivity index is 1.05. The van der Waals surface area contributed by atoms with E-state index in [-0.39, 0.29) is 19.1 Å². The van der Waals surface area contributed by atoms with Crippen LogP contribution in [0.2, 0.25) is 0 Å². The Bertz CT molecular complexity index is 1400. The molecule has 2 aliphatic heterocycles. The molecular weight excluding hydrogens is 508 g/mol.